The number of carbonyl (C=O) groups excluding carboxylic acids is 1. The zero-order chi connectivity index (χ0) is 30.7. The topological polar surface area (TPSA) is 125 Å². The van der Waals surface area contributed by atoms with Crippen LogP contribution < -0.4 is 0 Å². The fraction of sp³-hybridized carbons (Fsp3) is 0.852. The second kappa shape index (κ2) is 22.2. The Labute approximate surface area is 245 Å². The van der Waals surface area contributed by atoms with Gasteiger partial charge in [0.05, 0.1) is 11.7 Å². The number of rotatable bonds is 14. The van der Waals surface area contributed by atoms with Gasteiger partial charge in [0.1, 0.15) is 0 Å². The molecule has 0 aromatic rings. The molecule has 0 aromatic heterocycles. The Balaban J connectivity index is -0.000000481. The minimum Gasteiger partial charge on any atom is 0 e. The third kappa shape index (κ3) is 21.4. The molecular weight excluding hydrogens is 564 g/mol. The first-order valence-electron chi connectivity index (χ1n) is 12.4. The van der Waals surface area contributed by atoms with Crippen LogP contribution in [0.4, 0.5) is 0 Å². The molecular formula is C27H51FeO8Si2-. The van der Waals surface area contributed by atoms with Crippen LogP contribution in [-0.4, -0.2) is 52.6 Å². The first kappa shape index (κ1) is 47.3. The predicted octanol–water partition coefficient (Wildman–Crippen LogP) is 6.46. The maximum atomic E-state index is 10.9. The zero-order valence-electron chi connectivity index (χ0n) is 25.6. The summed E-state index contributed by atoms with van der Waals surface area (Å²) in [5.41, 5.74) is -0.791. The molecule has 0 bridgehead atoms. The Bertz CT molecular complexity index is 648. The van der Waals surface area contributed by atoms with Crippen LogP contribution in [0.2, 0.25) is 36.3 Å². The summed E-state index contributed by atoms with van der Waals surface area (Å²) in [6.07, 6.45) is 3.14. The fourth-order valence-corrected chi connectivity index (χ4v) is 5.47. The van der Waals surface area contributed by atoms with Crippen molar-refractivity contribution in [1.82, 2.24) is 0 Å². The molecule has 0 aromatic carbocycles. The third-order valence-electron chi connectivity index (χ3n) is 7.26. The number of hydrogen-bond acceptors (Lipinski definition) is 5. The van der Waals surface area contributed by atoms with Crippen molar-refractivity contribution >= 4 is 23.1 Å². The summed E-state index contributed by atoms with van der Waals surface area (Å²) in [6, 6.07) is 0. The van der Waals surface area contributed by atoms with Crippen molar-refractivity contribution in [3.05, 3.63) is 20.0 Å². The fourth-order valence-electron chi connectivity index (χ4n) is 2.97. The Morgan fingerprint density at radius 3 is 1.63 bits per heavy atom. The molecule has 224 valence electrons. The van der Waals surface area contributed by atoms with E-state index in [9.17, 15) is 9.90 Å². The van der Waals surface area contributed by atoms with Crippen molar-refractivity contribution in [3.8, 4) is 0 Å². The van der Waals surface area contributed by atoms with Gasteiger partial charge in [-0.1, -0.05) is 48.0 Å². The molecule has 0 heterocycles. The van der Waals surface area contributed by atoms with Crippen LogP contribution in [0, 0.1) is 20.0 Å². The molecule has 1 N–H and O–H groups in total. The molecule has 0 amide bonds. The van der Waals surface area contributed by atoms with E-state index in [1.54, 1.807) is 6.47 Å². The van der Waals surface area contributed by atoms with Crippen LogP contribution in [0.25, 0.3) is 0 Å². The Hall–Kier alpha value is -0.477. The number of hydrogen-bond donors (Lipinski definition) is 1. The van der Waals surface area contributed by atoms with E-state index in [4.69, 9.17) is 27.5 Å². The molecule has 0 aliphatic rings. The molecule has 3 atom stereocenters. The van der Waals surface area contributed by atoms with Gasteiger partial charge in [0.2, 0.25) is 0 Å². The second-order valence-electron chi connectivity index (χ2n) is 12.5. The van der Waals surface area contributed by atoms with Gasteiger partial charge in [-0.15, -0.1) is 0 Å². The molecule has 38 heavy (non-hydrogen) atoms. The Kier molecular flexibility index (Phi) is 27.7. The van der Waals surface area contributed by atoms with Crippen molar-refractivity contribution in [3.63, 3.8) is 0 Å². The first-order chi connectivity index (χ1) is 16.7. The van der Waals surface area contributed by atoms with E-state index in [0.717, 1.165) is 6.42 Å². The van der Waals surface area contributed by atoms with Crippen LogP contribution in [-0.2, 0) is 49.4 Å². The van der Waals surface area contributed by atoms with Crippen molar-refractivity contribution in [2.75, 3.05) is 6.61 Å². The number of ether oxygens (including phenoxy) is 1. The van der Waals surface area contributed by atoms with E-state index < -0.39 is 22.2 Å². The van der Waals surface area contributed by atoms with Crippen LogP contribution in [0.1, 0.15) is 87.5 Å². The molecule has 8 nitrogen and oxygen atoms in total. The van der Waals surface area contributed by atoms with E-state index in [0.29, 0.717) is 32.3 Å². The van der Waals surface area contributed by atoms with Gasteiger partial charge in [-0.2, -0.15) is 0 Å². The Morgan fingerprint density at radius 2 is 1.26 bits per heavy atom. The van der Waals surface area contributed by atoms with E-state index in [-0.39, 0.29) is 39.4 Å². The van der Waals surface area contributed by atoms with Crippen molar-refractivity contribution < 1.29 is 54.5 Å². The Morgan fingerprint density at radius 1 is 0.842 bits per heavy atom. The van der Waals surface area contributed by atoms with Gasteiger partial charge in [-0.05, 0) is 75.8 Å². The molecule has 11 heteroatoms. The average molecular weight is 616 g/mol. The van der Waals surface area contributed by atoms with Crippen molar-refractivity contribution in [2.24, 2.45) is 0 Å². The van der Waals surface area contributed by atoms with E-state index in [2.05, 4.69) is 94.6 Å². The molecule has 0 unspecified atom stereocenters. The summed E-state index contributed by atoms with van der Waals surface area (Å²) in [7, 11) is -3.67. The van der Waals surface area contributed by atoms with Crippen LogP contribution in [0.15, 0.2) is 0 Å². The molecule has 0 saturated carbocycles. The molecule has 0 rings (SSSR count). The first-order valence-corrected chi connectivity index (χ1v) is 18.2. The summed E-state index contributed by atoms with van der Waals surface area (Å²) in [5, 5.41) is 11.1. The SMILES string of the molecule is C[C@H](C[C@H](CCC[C@@](C)(O)CCO[Si](C)(C)C(C)(C)C)O[C-]=O)O[Si](C)(C)C(C)(C)C.[C-]#[O+].[C-]#[O+].[C-]#[O+].[Fe]. The number of aliphatic hydroxyl groups is 1. The molecule has 0 fully saturated rings. The molecule has 0 radical (unpaired) electrons. The maximum Gasteiger partial charge on any atom is 0 e. The third-order valence-corrected chi connectivity index (χ3v) is 16.4. The smallest absolute Gasteiger partial charge is 0 e. The minimum absolute atomic E-state index is 0. The second-order valence-corrected chi connectivity index (χ2v) is 22.1. The van der Waals surface area contributed by atoms with Gasteiger partial charge in [-0.3, -0.25) is 0 Å². The quantitative estimate of drug-likeness (QED) is 0.136. The zero-order valence-corrected chi connectivity index (χ0v) is 28.7. The minimum atomic E-state index is -1.87. The summed E-state index contributed by atoms with van der Waals surface area (Å²) in [6.45, 7) is 41.8. The maximum absolute atomic E-state index is 10.9. The summed E-state index contributed by atoms with van der Waals surface area (Å²) >= 11 is 0. The summed E-state index contributed by atoms with van der Waals surface area (Å²) in [5.74, 6) is 0. The predicted molar refractivity (Wildman–Crippen MR) is 147 cm³/mol. The van der Waals surface area contributed by atoms with Crippen LogP contribution >= 0.6 is 0 Å². The van der Waals surface area contributed by atoms with Crippen molar-refractivity contribution in [1.29, 1.82) is 0 Å². The van der Waals surface area contributed by atoms with Crippen LogP contribution in [0.3, 0.4) is 0 Å². The van der Waals surface area contributed by atoms with Crippen molar-refractivity contribution in [2.45, 2.75) is 142 Å². The van der Waals surface area contributed by atoms with Gasteiger partial charge >= 0.3 is 33.9 Å². The summed E-state index contributed by atoms with van der Waals surface area (Å²) in [4.78, 5) is 10.9. The van der Waals surface area contributed by atoms with E-state index in [1.165, 1.54) is 0 Å². The standard InChI is InChI=1S/C24H51O5Si2.3CO.Fe/c1-20(29-31(11,12)23(5,6)7)18-21(27-19-25)14-13-15-24(8,26)16-17-28-30(9,10)22(2,3)4;3*1-2;/h20-21,26H,13-18H2,1-12H3;;;;/q-1;;;;/t20-,21+,24-;;;;/m1..../s1. The molecule has 0 aliphatic carbocycles. The summed E-state index contributed by atoms with van der Waals surface area (Å²) < 4.78 is 40.3. The van der Waals surface area contributed by atoms with Crippen LogP contribution in [0.5, 0.6) is 0 Å². The van der Waals surface area contributed by atoms with Gasteiger partial charge < -0.3 is 23.5 Å². The van der Waals surface area contributed by atoms with E-state index >= 15 is 0 Å². The normalized spacial score (nSPS) is 14.6. The van der Waals surface area contributed by atoms with Gasteiger partial charge in [-0.25, -0.2) is 0 Å². The monoisotopic (exact) mass is 615 g/mol. The van der Waals surface area contributed by atoms with E-state index in [1.807, 2.05) is 6.92 Å². The largest absolute Gasteiger partial charge is 0 e. The molecule has 0 saturated heterocycles. The molecule has 0 aliphatic heterocycles. The average Bonchev–Trinajstić information content (AvgIpc) is 2.75. The van der Waals surface area contributed by atoms with Gasteiger partial charge in [0.25, 0.3) is 0 Å². The van der Waals surface area contributed by atoms with Gasteiger partial charge in [0.15, 0.2) is 16.6 Å². The molecule has 0 spiro atoms. The van der Waals surface area contributed by atoms with Gasteiger partial charge in [0, 0.05) is 36.2 Å².